The summed E-state index contributed by atoms with van der Waals surface area (Å²) in [4.78, 5) is 23.1. The maximum absolute atomic E-state index is 12.0. The average Bonchev–Trinajstić information content (AvgIpc) is 2.87. The van der Waals surface area contributed by atoms with Crippen LogP contribution >= 0.6 is 11.3 Å². The maximum Gasteiger partial charge on any atom is 0.256 e. The molecule has 1 aromatic heterocycles. The first kappa shape index (κ1) is 13.1. The number of methoxy groups -OCH3 is 1. The molecule has 2 rings (SSSR count). The summed E-state index contributed by atoms with van der Waals surface area (Å²) in [5.74, 6) is -0.190. The van der Waals surface area contributed by atoms with Gasteiger partial charge in [0.2, 0.25) is 0 Å². The van der Waals surface area contributed by atoms with E-state index in [1.165, 1.54) is 11.3 Å². The van der Waals surface area contributed by atoms with E-state index in [0.29, 0.717) is 21.9 Å². The number of nitrogens with two attached hydrogens (primary N) is 1. The Morgan fingerprint density at radius 1 is 1.21 bits per heavy atom. The van der Waals surface area contributed by atoms with Gasteiger partial charge in [-0.3, -0.25) is 9.59 Å². The van der Waals surface area contributed by atoms with E-state index in [9.17, 15) is 9.59 Å². The predicted molar refractivity (Wildman–Crippen MR) is 73.8 cm³/mol. The minimum absolute atomic E-state index is 0.299. The standard InChI is InChI=1S/C13H12N2O3S/c1-18-9-4-2-8(3-5-9)12(17)15-13-10(11(14)16)6-7-19-13/h2-7H,1H3,(H2,14,16)(H,15,17). The third-order valence-electron chi connectivity index (χ3n) is 2.51. The Labute approximate surface area is 114 Å². The molecule has 19 heavy (non-hydrogen) atoms. The second-order valence-corrected chi connectivity index (χ2v) is 4.63. The van der Waals surface area contributed by atoms with E-state index < -0.39 is 5.91 Å². The van der Waals surface area contributed by atoms with Crippen LogP contribution in [0, 0.1) is 0 Å². The number of benzene rings is 1. The van der Waals surface area contributed by atoms with Crippen molar-refractivity contribution in [1.82, 2.24) is 0 Å². The van der Waals surface area contributed by atoms with Crippen molar-refractivity contribution < 1.29 is 14.3 Å². The molecule has 0 aliphatic heterocycles. The zero-order valence-corrected chi connectivity index (χ0v) is 11.0. The van der Waals surface area contributed by atoms with Crippen molar-refractivity contribution in [3.05, 3.63) is 46.8 Å². The molecule has 0 fully saturated rings. The largest absolute Gasteiger partial charge is 0.497 e. The van der Waals surface area contributed by atoms with Crippen LogP contribution in [0.2, 0.25) is 0 Å². The molecule has 0 bridgehead atoms. The molecule has 1 aromatic carbocycles. The monoisotopic (exact) mass is 276 g/mol. The number of nitrogens with one attached hydrogen (secondary N) is 1. The van der Waals surface area contributed by atoms with Crippen molar-refractivity contribution in [1.29, 1.82) is 0 Å². The SMILES string of the molecule is COc1ccc(C(=O)Nc2sccc2C(N)=O)cc1. The van der Waals surface area contributed by atoms with Crippen LogP contribution in [-0.4, -0.2) is 18.9 Å². The Kier molecular flexibility index (Phi) is 3.82. The van der Waals surface area contributed by atoms with Crippen molar-refractivity contribution in [2.45, 2.75) is 0 Å². The predicted octanol–water partition coefficient (Wildman–Crippen LogP) is 2.11. The molecule has 0 atom stereocenters. The van der Waals surface area contributed by atoms with Gasteiger partial charge in [0.1, 0.15) is 10.8 Å². The van der Waals surface area contributed by atoms with Gasteiger partial charge in [0.25, 0.3) is 11.8 Å². The first-order chi connectivity index (χ1) is 9.11. The molecule has 3 N–H and O–H groups in total. The van der Waals surface area contributed by atoms with Gasteiger partial charge in [0.05, 0.1) is 12.7 Å². The zero-order valence-electron chi connectivity index (χ0n) is 10.2. The smallest absolute Gasteiger partial charge is 0.256 e. The molecule has 0 aliphatic carbocycles. The molecule has 0 unspecified atom stereocenters. The molecule has 0 saturated heterocycles. The summed E-state index contributed by atoms with van der Waals surface area (Å²) in [6.07, 6.45) is 0. The second kappa shape index (κ2) is 5.53. The quantitative estimate of drug-likeness (QED) is 0.897. The van der Waals surface area contributed by atoms with E-state index in [2.05, 4.69) is 5.32 Å². The molecule has 0 spiro atoms. The molecule has 6 heteroatoms. The molecule has 0 saturated carbocycles. The van der Waals surface area contributed by atoms with Crippen LogP contribution in [-0.2, 0) is 0 Å². The van der Waals surface area contributed by atoms with Gasteiger partial charge in [-0.15, -0.1) is 11.3 Å². The van der Waals surface area contributed by atoms with Crippen molar-refractivity contribution >= 4 is 28.2 Å². The molecule has 0 aliphatic rings. The van der Waals surface area contributed by atoms with Gasteiger partial charge < -0.3 is 15.8 Å². The summed E-state index contributed by atoms with van der Waals surface area (Å²) in [5, 5.41) is 4.81. The van der Waals surface area contributed by atoms with E-state index in [4.69, 9.17) is 10.5 Å². The number of primary amides is 1. The average molecular weight is 276 g/mol. The summed E-state index contributed by atoms with van der Waals surface area (Å²) in [6, 6.07) is 8.25. The van der Waals surface area contributed by atoms with E-state index in [1.54, 1.807) is 42.8 Å². The third kappa shape index (κ3) is 2.92. The van der Waals surface area contributed by atoms with E-state index in [-0.39, 0.29) is 5.91 Å². The Bertz CT molecular complexity index is 605. The number of ether oxygens (including phenoxy) is 1. The highest BCUT2D eigenvalue weighted by Crippen LogP contribution is 2.23. The fourth-order valence-electron chi connectivity index (χ4n) is 1.52. The van der Waals surface area contributed by atoms with Gasteiger partial charge >= 0.3 is 0 Å². The number of hydrogen-bond acceptors (Lipinski definition) is 4. The van der Waals surface area contributed by atoms with E-state index >= 15 is 0 Å². The maximum atomic E-state index is 12.0. The molecule has 1 heterocycles. The summed E-state index contributed by atoms with van der Waals surface area (Å²) < 4.78 is 5.01. The molecule has 2 aromatic rings. The lowest BCUT2D eigenvalue weighted by Gasteiger charge is -2.05. The molecular formula is C13H12N2O3S. The van der Waals surface area contributed by atoms with Crippen molar-refractivity contribution in [3.8, 4) is 5.75 Å². The van der Waals surface area contributed by atoms with Crippen LogP contribution in [0.1, 0.15) is 20.7 Å². The summed E-state index contributed by atoms with van der Waals surface area (Å²) in [7, 11) is 1.56. The molecule has 0 radical (unpaired) electrons. The number of rotatable bonds is 4. The Balaban J connectivity index is 2.16. The normalized spacial score (nSPS) is 9.95. The van der Waals surface area contributed by atoms with Gasteiger partial charge in [-0.05, 0) is 35.7 Å². The van der Waals surface area contributed by atoms with Crippen molar-refractivity contribution in [2.75, 3.05) is 12.4 Å². The van der Waals surface area contributed by atoms with Crippen LogP contribution in [0.4, 0.5) is 5.00 Å². The number of hydrogen-bond donors (Lipinski definition) is 2. The third-order valence-corrected chi connectivity index (χ3v) is 3.34. The number of anilines is 1. The summed E-state index contributed by atoms with van der Waals surface area (Å²) >= 11 is 1.25. The number of amides is 2. The van der Waals surface area contributed by atoms with Gasteiger partial charge in [-0.1, -0.05) is 0 Å². The lowest BCUT2D eigenvalue weighted by Crippen LogP contribution is -2.16. The topological polar surface area (TPSA) is 81.4 Å². The van der Waals surface area contributed by atoms with Crippen molar-refractivity contribution in [2.24, 2.45) is 5.73 Å². The Morgan fingerprint density at radius 3 is 2.47 bits per heavy atom. The summed E-state index contributed by atoms with van der Waals surface area (Å²) in [6.45, 7) is 0. The minimum atomic E-state index is -0.564. The number of carbonyl (C=O) groups excluding carboxylic acids is 2. The number of carbonyl (C=O) groups is 2. The molecule has 98 valence electrons. The highest BCUT2D eigenvalue weighted by atomic mass is 32.1. The van der Waals surface area contributed by atoms with Crippen LogP contribution in [0.5, 0.6) is 5.75 Å². The van der Waals surface area contributed by atoms with Crippen LogP contribution in [0.3, 0.4) is 0 Å². The van der Waals surface area contributed by atoms with Crippen LogP contribution in [0.25, 0.3) is 0 Å². The van der Waals surface area contributed by atoms with E-state index in [0.717, 1.165) is 0 Å². The first-order valence-electron chi connectivity index (χ1n) is 5.44. The van der Waals surface area contributed by atoms with Gasteiger partial charge in [0, 0.05) is 5.56 Å². The lowest BCUT2D eigenvalue weighted by molar-refractivity contribution is 0.100. The lowest BCUT2D eigenvalue weighted by atomic mass is 10.2. The highest BCUT2D eigenvalue weighted by Gasteiger charge is 2.13. The zero-order chi connectivity index (χ0) is 13.8. The van der Waals surface area contributed by atoms with Crippen LogP contribution in [0.15, 0.2) is 35.7 Å². The Hall–Kier alpha value is -2.34. The van der Waals surface area contributed by atoms with E-state index in [1.807, 2.05) is 0 Å². The summed E-state index contributed by atoms with van der Waals surface area (Å²) in [5.41, 5.74) is 6.00. The molecular weight excluding hydrogens is 264 g/mol. The van der Waals surface area contributed by atoms with Crippen molar-refractivity contribution in [3.63, 3.8) is 0 Å². The van der Waals surface area contributed by atoms with Gasteiger partial charge in [-0.25, -0.2) is 0 Å². The van der Waals surface area contributed by atoms with Gasteiger partial charge in [0.15, 0.2) is 0 Å². The minimum Gasteiger partial charge on any atom is -0.497 e. The second-order valence-electron chi connectivity index (χ2n) is 3.71. The van der Waals surface area contributed by atoms with Gasteiger partial charge in [-0.2, -0.15) is 0 Å². The fourth-order valence-corrected chi connectivity index (χ4v) is 2.31. The molecule has 2 amide bonds. The number of thiophene rings is 1. The first-order valence-corrected chi connectivity index (χ1v) is 6.32. The molecule has 5 nitrogen and oxygen atoms in total. The van der Waals surface area contributed by atoms with Crippen LogP contribution < -0.4 is 15.8 Å². The highest BCUT2D eigenvalue weighted by molar-refractivity contribution is 7.14. The Morgan fingerprint density at radius 2 is 1.89 bits per heavy atom. The fraction of sp³-hybridized carbons (Fsp3) is 0.0769.